The van der Waals surface area contributed by atoms with Crippen molar-refractivity contribution < 1.29 is 45.2 Å². The van der Waals surface area contributed by atoms with Crippen LogP contribution in [0.4, 0.5) is 22.0 Å². The van der Waals surface area contributed by atoms with Gasteiger partial charge >= 0.3 is 6.18 Å². The van der Waals surface area contributed by atoms with Crippen molar-refractivity contribution in [2.24, 2.45) is 0 Å². The third-order valence-electron chi connectivity index (χ3n) is 8.64. The van der Waals surface area contributed by atoms with Gasteiger partial charge in [0.25, 0.3) is 0 Å². The van der Waals surface area contributed by atoms with Crippen LogP contribution in [-0.4, -0.2) is 59.7 Å². The van der Waals surface area contributed by atoms with Crippen LogP contribution in [0.15, 0.2) is 101 Å². The molecular weight excluding hydrogens is 710 g/mol. The number of carbonyl (C=O) groups is 1. The van der Waals surface area contributed by atoms with Crippen molar-refractivity contribution in [3.8, 4) is 11.1 Å². The summed E-state index contributed by atoms with van der Waals surface area (Å²) in [6, 6.07) is 7.74. The van der Waals surface area contributed by atoms with E-state index in [0.29, 0.717) is 46.8 Å². The summed E-state index contributed by atoms with van der Waals surface area (Å²) in [7, 11) is 1.51. The third-order valence-corrected chi connectivity index (χ3v) is 9.44. The molecule has 0 bridgehead atoms. The Balaban J connectivity index is 1.55. The number of thioether (sulfide) groups is 1. The SMILES string of the molecule is [2H]c1c(C)c([2H])c2c(c1[2H])c(=O)c([2H])c(SC([2H])([2H])c1cccc(F)c1F)n2C([2H])([2H])C(=O)N(C1CCN(CCOC)CC1)C([2H])([2H])c1ccc(-c2ccc(C(F)(F)F)cc2)cc1. The van der Waals surface area contributed by atoms with Crippen LogP contribution in [0.1, 0.15) is 48.8 Å². The Hall–Kier alpha value is -4.52. The van der Waals surface area contributed by atoms with Gasteiger partial charge in [-0.3, -0.25) is 9.59 Å². The van der Waals surface area contributed by atoms with Crippen LogP contribution in [0, 0.1) is 18.6 Å². The lowest BCUT2D eigenvalue weighted by Crippen LogP contribution is -2.48. The molecule has 4 aromatic carbocycles. The molecule has 5 aromatic rings. The fourth-order valence-corrected chi connectivity index (χ4v) is 6.54. The molecule has 1 aromatic heterocycles. The lowest BCUT2D eigenvalue weighted by Gasteiger charge is -2.39. The second-order valence-electron chi connectivity index (χ2n) is 12.2. The van der Waals surface area contributed by atoms with E-state index >= 15 is 9.18 Å². The highest BCUT2D eigenvalue weighted by Crippen LogP contribution is 2.32. The molecule has 278 valence electrons. The molecule has 6 rings (SSSR count). The highest BCUT2D eigenvalue weighted by atomic mass is 32.2. The zero-order chi connectivity index (χ0) is 46.6. The molecule has 0 radical (unpaired) electrons. The maximum atomic E-state index is 15.3. The van der Waals surface area contributed by atoms with Crippen LogP contribution in [0.5, 0.6) is 0 Å². The van der Waals surface area contributed by atoms with Gasteiger partial charge in [0.2, 0.25) is 5.91 Å². The topological polar surface area (TPSA) is 54.8 Å². The molecule has 1 aliphatic heterocycles. The van der Waals surface area contributed by atoms with Crippen LogP contribution in [-0.2, 0) is 34.4 Å². The third kappa shape index (κ3) is 9.17. The first-order valence-electron chi connectivity index (χ1n) is 21.5. The van der Waals surface area contributed by atoms with Gasteiger partial charge in [0, 0.05) is 64.7 Å². The number of hydrogen-bond donors (Lipinski definition) is 0. The zero-order valence-corrected chi connectivity index (χ0v) is 29.4. The molecule has 1 amide bonds. The highest BCUT2D eigenvalue weighted by molar-refractivity contribution is 7.98. The van der Waals surface area contributed by atoms with E-state index in [4.69, 9.17) is 13.0 Å². The summed E-state index contributed by atoms with van der Waals surface area (Å²) < 4.78 is 166. The van der Waals surface area contributed by atoms with Crippen molar-refractivity contribution in [3.05, 3.63) is 135 Å². The van der Waals surface area contributed by atoms with Crippen LogP contribution >= 0.6 is 11.8 Å². The molecule has 12 heteroatoms. The number of benzene rings is 4. The summed E-state index contributed by atoms with van der Waals surface area (Å²) in [5.41, 5.74) is -6.76. The van der Waals surface area contributed by atoms with Crippen molar-refractivity contribution in [2.75, 3.05) is 33.4 Å². The summed E-state index contributed by atoms with van der Waals surface area (Å²) in [4.78, 5) is 31.8. The molecule has 0 N–H and O–H groups in total. The van der Waals surface area contributed by atoms with E-state index in [2.05, 4.69) is 0 Å². The minimum Gasteiger partial charge on any atom is -0.383 e. The first-order chi connectivity index (χ1) is 29.4. The fraction of sp³-hybridized carbons (Fsp3) is 0.317. The summed E-state index contributed by atoms with van der Waals surface area (Å²) in [5, 5.41) is -1.82. The molecular formula is C41H40F5N3O3S. The Bertz CT molecular complexity index is 2610. The smallest absolute Gasteiger partial charge is 0.383 e. The number of nitrogens with zero attached hydrogens (tertiary/aromatic N) is 3. The maximum absolute atomic E-state index is 15.3. The number of piperidine rings is 1. The highest BCUT2D eigenvalue weighted by Gasteiger charge is 2.31. The van der Waals surface area contributed by atoms with Crippen LogP contribution in [0.2, 0.25) is 0 Å². The monoisotopic (exact) mass is 759 g/mol. The molecule has 1 saturated heterocycles. The number of aromatic nitrogens is 1. The number of methoxy groups -OCH3 is 1. The van der Waals surface area contributed by atoms with Gasteiger partial charge in [0.1, 0.15) is 6.50 Å². The van der Waals surface area contributed by atoms with E-state index in [9.17, 15) is 27.8 Å². The van der Waals surface area contributed by atoms with E-state index < -0.39 is 105 Å². The normalized spacial score (nSPS) is 17.7. The molecule has 1 aliphatic rings. The Morgan fingerprint density at radius 3 is 2.34 bits per heavy atom. The number of halogens is 5. The number of hydrogen-bond acceptors (Lipinski definition) is 5. The number of amides is 1. The molecule has 0 atom stereocenters. The number of ether oxygens (including phenoxy) is 1. The van der Waals surface area contributed by atoms with E-state index in [0.717, 1.165) is 30.3 Å². The van der Waals surface area contributed by atoms with E-state index in [-0.39, 0.29) is 35.7 Å². The van der Waals surface area contributed by atoms with Crippen molar-refractivity contribution >= 4 is 28.6 Å². The van der Waals surface area contributed by atoms with Crippen LogP contribution in [0.3, 0.4) is 0 Å². The molecule has 0 unspecified atom stereocenters. The summed E-state index contributed by atoms with van der Waals surface area (Å²) in [6.45, 7) is -3.88. The Labute approximate surface area is 323 Å². The van der Waals surface area contributed by atoms with Gasteiger partial charge in [-0.05, 0) is 72.3 Å². The number of rotatable bonds is 12. The Morgan fingerprint density at radius 2 is 1.68 bits per heavy atom. The zero-order valence-electron chi connectivity index (χ0n) is 38.5. The minimum absolute atomic E-state index is 0.0914. The first kappa shape index (κ1) is 27.1. The number of fused-ring (bicyclic) bond motifs is 1. The number of pyridine rings is 1. The lowest BCUT2D eigenvalue weighted by atomic mass is 10.00. The number of carbonyl (C=O) groups excluding carboxylic acids is 1. The quantitative estimate of drug-likeness (QED) is 0.0942. The molecule has 53 heavy (non-hydrogen) atoms. The summed E-state index contributed by atoms with van der Waals surface area (Å²) in [5.74, 6) is -4.72. The van der Waals surface area contributed by atoms with Crippen LogP contribution < -0.4 is 5.43 Å². The van der Waals surface area contributed by atoms with Gasteiger partial charge in [-0.1, -0.05) is 54.6 Å². The lowest BCUT2D eigenvalue weighted by molar-refractivity contribution is -0.137. The molecule has 0 saturated carbocycles. The molecule has 0 aliphatic carbocycles. The largest absolute Gasteiger partial charge is 0.416 e. The van der Waals surface area contributed by atoms with Gasteiger partial charge in [0.05, 0.1) is 33.7 Å². The molecule has 2 heterocycles. The Morgan fingerprint density at radius 1 is 1.00 bits per heavy atom. The second kappa shape index (κ2) is 16.7. The van der Waals surface area contributed by atoms with Gasteiger partial charge in [-0.15, -0.1) is 11.8 Å². The maximum Gasteiger partial charge on any atom is 0.416 e. The van der Waals surface area contributed by atoms with Gasteiger partial charge < -0.3 is 19.1 Å². The van der Waals surface area contributed by atoms with Crippen LogP contribution in [0.25, 0.3) is 22.0 Å². The van der Waals surface area contributed by atoms with Gasteiger partial charge in [-0.2, -0.15) is 13.2 Å². The predicted molar refractivity (Wildman–Crippen MR) is 198 cm³/mol. The summed E-state index contributed by atoms with van der Waals surface area (Å²) in [6.07, 6.45) is -4.40. The number of alkyl halides is 3. The van der Waals surface area contributed by atoms with Gasteiger partial charge in [0.15, 0.2) is 17.1 Å². The van der Waals surface area contributed by atoms with Crippen molar-refractivity contribution in [1.29, 1.82) is 0 Å². The molecule has 0 spiro atoms. The average Bonchev–Trinajstić information content (AvgIpc) is 3.23. The first-order valence-corrected chi connectivity index (χ1v) is 17.3. The molecule has 1 fully saturated rings. The molecule has 6 nitrogen and oxygen atoms in total. The second-order valence-corrected chi connectivity index (χ2v) is 13.0. The number of likely N-dealkylation sites (tertiary alicyclic amines) is 1. The van der Waals surface area contributed by atoms with E-state index in [1.54, 1.807) is 0 Å². The Kier molecular flexibility index (Phi) is 8.52. The standard InChI is InChI=1S/C41H40F5N3O3S/c1-27-6-15-34-36(22-27)49(39(23-37(34)50)53-26-31-4-3-5-35(42)40(31)43)25-38(51)48(33-16-18-47(19-17-33)20-21-52-2)24-28-7-9-29(10-8-28)30-11-13-32(14-12-30)41(44,45)46/h3-15,22-23,33H,16-21,24-26H2,1-2H3/i6D,15D,22D,23D,24D2,25D2,26D2. The summed E-state index contributed by atoms with van der Waals surface area (Å²) >= 11 is -0.141. The van der Waals surface area contributed by atoms with Crippen molar-refractivity contribution in [1.82, 2.24) is 14.4 Å². The van der Waals surface area contributed by atoms with Crippen molar-refractivity contribution in [3.63, 3.8) is 0 Å². The fourth-order valence-electron chi connectivity index (χ4n) is 5.81. The average molecular weight is 760 g/mol. The minimum atomic E-state index is -4.58. The van der Waals surface area contributed by atoms with E-state index in [1.165, 1.54) is 50.4 Å². The predicted octanol–water partition coefficient (Wildman–Crippen LogP) is 8.71. The van der Waals surface area contributed by atoms with Crippen molar-refractivity contribution in [2.45, 2.75) is 55.7 Å². The van der Waals surface area contributed by atoms with Gasteiger partial charge in [-0.25, -0.2) is 8.78 Å². The van der Waals surface area contributed by atoms with E-state index in [1.807, 2.05) is 4.90 Å².